The molecule has 1 aliphatic rings. The SMILES string of the molecule is O=C(O)[C@H]1CC[C@@H](C(=O)c2cccc(F)c2)C1. The lowest BCUT2D eigenvalue weighted by atomic mass is 9.95. The van der Waals surface area contributed by atoms with E-state index in [-0.39, 0.29) is 11.7 Å². The molecular weight excluding hydrogens is 223 g/mol. The van der Waals surface area contributed by atoms with E-state index in [1.165, 1.54) is 18.2 Å². The second-order valence-electron chi connectivity index (χ2n) is 4.42. The first-order chi connectivity index (χ1) is 8.08. The van der Waals surface area contributed by atoms with Crippen LogP contribution < -0.4 is 0 Å². The van der Waals surface area contributed by atoms with Crippen molar-refractivity contribution in [3.8, 4) is 0 Å². The standard InChI is InChI=1S/C13H13FO3/c14-11-3-1-2-8(7-11)12(15)9-4-5-10(6-9)13(16)17/h1-3,7,9-10H,4-6H2,(H,16,17)/t9-,10+/m1/s1. The highest BCUT2D eigenvalue weighted by atomic mass is 19.1. The molecule has 17 heavy (non-hydrogen) atoms. The van der Waals surface area contributed by atoms with E-state index < -0.39 is 17.7 Å². The van der Waals surface area contributed by atoms with Crippen LogP contribution in [-0.2, 0) is 4.79 Å². The summed E-state index contributed by atoms with van der Waals surface area (Å²) in [5, 5.41) is 8.86. The molecule has 4 heteroatoms. The minimum Gasteiger partial charge on any atom is -0.481 e. The van der Waals surface area contributed by atoms with E-state index in [4.69, 9.17) is 5.11 Å². The first-order valence-corrected chi connectivity index (χ1v) is 5.60. The Hall–Kier alpha value is -1.71. The van der Waals surface area contributed by atoms with E-state index in [9.17, 15) is 14.0 Å². The number of benzene rings is 1. The molecule has 2 rings (SSSR count). The van der Waals surface area contributed by atoms with Crippen molar-refractivity contribution in [3.05, 3.63) is 35.6 Å². The lowest BCUT2D eigenvalue weighted by Crippen LogP contribution is -2.14. The van der Waals surface area contributed by atoms with Gasteiger partial charge in [0.05, 0.1) is 5.92 Å². The summed E-state index contributed by atoms with van der Waals surface area (Å²) in [6.45, 7) is 0. The molecule has 90 valence electrons. The van der Waals surface area contributed by atoms with Crippen molar-refractivity contribution in [1.29, 1.82) is 0 Å². The average molecular weight is 236 g/mol. The number of halogens is 1. The number of carboxylic acids is 1. The summed E-state index contributed by atoms with van der Waals surface area (Å²) in [6, 6.07) is 5.55. The quantitative estimate of drug-likeness (QED) is 0.820. The summed E-state index contributed by atoms with van der Waals surface area (Å²) < 4.78 is 13.0. The van der Waals surface area contributed by atoms with Gasteiger partial charge in [0.2, 0.25) is 0 Å². The largest absolute Gasteiger partial charge is 0.481 e. The molecule has 0 spiro atoms. The van der Waals surface area contributed by atoms with Crippen molar-refractivity contribution in [3.63, 3.8) is 0 Å². The number of carbonyl (C=O) groups excluding carboxylic acids is 1. The molecule has 0 aromatic heterocycles. The highest BCUT2D eigenvalue weighted by Gasteiger charge is 2.34. The average Bonchev–Trinajstić information content (AvgIpc) is 2.77. The molecular formula is C13H13FO3. The van der Waals surface area contributed by atoms with Gasteiger partial charge in [-0.05, 0) is 31.4 Å². The fraction of sp³-hybridized carbons (Fsp3) is 0.385. The van der Waals surface area contributed by atoms with Crippen LogP contribution in [0.15, 0.2) is 24.3 Å². The molecule has 0 unspecified atom stereocenters. The predicted octanol–water partition coefficient (Wildman–Crippen LogP) is 2.51. The van der Waals surface area contributed by atoms with Crippen molar-refractivity contribution in [2.75, 3.05) is 0 Å². The number of rotatable bonds is 3. The summed E-state index contributed by atoms with van der Waals surface area (Å²) >= 11 is 0. The minimum absolute atomic E-state index is 0.145. The first kappa shape index (κ1) is 11.8. The van der Waals surface area contributed by atoms with Crippen molar-refractivity contribution in [2.24, 2.45) is 11.8 Å². The molecule has 1 fully saturated rings. The van der Waals surface area contributed by atoms with Crippen LogP contribution in [0.4, 0.5) is 4.39 Å². The maximum Gasteiger partial charge on any atom is 0.306 e. The molecule has 2 atom stereocenters. The fourth-order valence-corrected chi connectivity index (χ4v) is 2.32. The van der Waals surface area contributed by atoms with Crippen LogP contribution in [0.25, 0.3) is 0 Å². The van der Waals surface area contributed by atoms with Crippen LogP contribution in [0, 0.1) is 17.7 Å². The van der Waals surface area contributed by atoms with Gasteiger partial charge in [0, 0.05) is 11.5 Å². The highest BCUT2D eigenvalue weighted by Crippen LogP contribution is 2.33. The third kappa shape index (κ3) is 2.52. The van der Waals surface area contributed by atoms with Gasteiger partial charge in [0.25, 0.3) is 0 Å². The Balaban J connectivity index is 2.09. The topological polar surface area (TPSA) is 54.4 Å². The molecule has 0 radical (unpaired) electrons. The van der Waals surface area contributed by atoms with Crippen LogP contribution in [-0.4, -0.2) is 16.9 Å². The van der Waals surface area contributed by atoms with Gasteiger partial charge in [-0.15, -0.1) is 0 Å². The van der Waals surface area contributed by atoms with Gasteiger partial charge in [-0.2, -0.15) is 0 Å². The number of aliphatic carboxylic acids is 1. The van der Waals surface area contributed by atoms with Gasteiger partial charge >= 0.3 is 5.97 Å². The van der Waals surface area contributed by atoms with Crippen molar-refractivity contribution >= 4 is 11.8 Å². The molecule has 0 aliphatic heterocycles. The summed E-state index contributed by atoms with van der Waals surface area (Å²) in [6.07, 6.45) is 1.47. The lowest BCUT2D eigenvalue weighted by molar-refractivity contribution is -0.141. The Bertz CT molecular complexity index is 456. The van der Waals surface area contributed by atoms with Crippen LogP contribution >= 0.6 is 0 Å². The van der Waals surface area contributed by atoms with Gasteiger partial charge in [0.1, 0.15) is 5.82 Å². The molecule has 1 aromatic carbocycles. The monoisotopic (exact) mass is 236 g/mol. The van der Waals surface area contributed by atoms with Gasteiger partial charge in [-0.25, -0.2) is 4.39 Å². The van der Waals surface area contributed by atoms with Gasteiger partial charge in [-0.3, -0.25) is 9.59 Å². The Morgan fingerprint density at radius 3 is 2.53 bits per heavy atom. The van der Waals surface area contributed by atoms with Crippen LogP contribution in [0.5, 0.6) is 0 Å². The molecule has 1 saturated carbocycles. The smallest absolute Gasteiger partial charge is 0.306 e. The molecule has 1 N–H and O–H groups in total. The Labute approximate surface area is 98.3 Å². The molecule has 3 nitrogen and oxygen atoms in total. The second kappa shape index (κ2) is 4.65. The Morgan fingerprint density at radius 1 is 1.24 bits per heavy atom. The van der Waals surface area contributed by atoms with Crippen molar-refractivity contribution in [2.45, 2.75) is 19.3 Å². The van der Waals surface area contributed by atoms with Gasteiger partial charge in [-0.1, -0.05) is 12.1 Å². The molecule has 1 aliphatic carbocycles. The third-order valence-corrected chi connectivity index (χ3v) is 3.26. The van der Waals surface area contributed by atoms with Crippen LogP contribution in [0.1, 0.15) is 29.6 Å². The van der Waals surface area contributed by atoms with E-state index in [0.717, 1.165) is 0 Å². The van der Waals surface area contributed by atoms with Gasteiger partial charge < -0.3 is 5.11 Å². The van der Waals surface area contributed by atoms with E-state index in [2.05, 4.69) is 0 Å². The Morgan fingerprint density at radius 2 is 1.94 bits per heavy atom. The number of hydrogen-bond donors (Lipinski definition) is 1. The summed E-state index contributed by atoms with van der Waals surface area (Å²) in [7, 11) is 0. The fourth-order valence-electron chi connectivity index (χ4n) is 2.32. The Kier molecular flexibility index (Phi) is 3.22. The summed E-state index contributed by atoms with van der Waals surface area (Å²) in [5.74, 6) is -2.15. The summed E-state index contributed by atoms with van der Waals surface area (Å²) in [4.78, 5) is 22.8. The summed E-state index contributed by atoms with van der Waals surface area (Å²) in [5.41, 5.74) is 0.334. The number of Topliss-reactive ketones (excluding diaryl/α,β-unsaturated/α-hetero) is 1. The van der Waals surface area contributed by atoms with Gasteiger partial charge in [0.15, 0.2) is 5.78 Å². The number of carbonyl (C=O) groups is 2. The van der Waals surface area contributed by atoms with E-state index >= 15 is 0 Å². The molecule has 0 saturated heterocycles. The number of ketones is 1. The molecule has 0 amide bonds. The van der Waals surface area contributed by atoms with E-state index in [1.807, 2.05) is 0 Å². The first-order valence-electron chi connectivity index (χ1n) is 5.60. The van der Waals surface area contributed by atoms with E-state index in [0.29, 0.717) is 24.8 Å². The van der Waals surface area contributed by atoms with Crippen molar-refractivity contribution < 1.29 is 19.1 Å². The molecule has 0 bridgehead atoms. The predicted molar refractivity (Wildman–Crippen MR) is 59.2 cm³/mol. The zero-order chi connectivity index (χ0) is 12.4. The molecule has 0 heterocycles. The van der Waals surface area contributed by atoms with Crippen LogP contribution in [0.2, 0.25) is 0 Å². The van der Waals surface area contributed by atoms with Crippen LogP contribution in [0.3, 0.4) is 0 Å². The maximum atomic E-state index is 13.0. The molecule has 1 aromatic rings. The minimum atomic E-state index is -0.848. The van der Waals surface area contributed by atoms with E-state index in [1.54, 1.807) is 6.07 Å². The number of carboxylic acid groups (broad SMARTS) is 1. The highest BCUT2D eigenvalue weighted by molar-refractivity contribution is 5.98. The second-order valence-corrected chi connectivity index (χ2v) is 4.42. The van der Waals surface area contributed by atoms with Crippen molar-refractivity contribution in [1.82, 2.24) is 0 Å². The zero-order valence-corrected chi connectivity index (χ0v) is 9.23. The third-order valence-electron chi connectivity index (χ3n) is 3.26. The number of hydrogen-bond acceptors (Lipinski definition) is 2. The normalized spacial score (nSPS) is 23.6. The maximum absolute atomic E-state index is 13.0. The zero-order valence-electron chi connectivity index (χ0n) is 9.23. The lowest BCUT2D eigenvalue weighted by Gasteiger charge is -2.08.